The van der Waals surface area contributed by atoms with Crippen molar-refractivity contribution in [3.63, 3.8) is 0 Å². The Labute approximate surface area is 168 Å². The fraction of sp³-hybridized carbons (Fsp3) is 0.273. The lowest BCUT2D eigenvalue weighted by Crippen LogP contribution is -2.43. The summed E-state index contributed by atoms with van der Waals surface area (Å²) in [7, 11) is 0. The summed E-state index contributed by atoms with van der Waals surface area (Å²) in [6.45, 7) is 0.445. The molecule has 1 aliphatic heterocycles. The number of nitriles is 1. The number of esters is 1. The van der Waals surface area contributed by atoms with Crippen LogP contribution in [-0.4, -0.2) is 42.4 Å². The smallest absolute Gasteiger partial charge is 0.339 e. The predicted molar refractivity (Wildman–Crippen MR) is 105 cm³/mol. The van der Waals surface area contributed by atoms with E-state index in [1.807, 2.05) is 0 Å². The highest BCUT2D eigenvalue weighted by Crippen LogP contribution is 2.27. The summed E-state index contributed by atoms with van der Waals surface area (Å²) in [5.74, 6) is -1.50. The summed E-state index contributed by atoms with van der Waals surface area (Å²) >= 11 is 0. The SMILES string of the molecule is N#Cc1ccccc1-c1ccccc1C(=O)OCC(=O)N1CCC(C(N)=O)CC1. The van der Waals surface area contributed by atoms with E-state index in [0.717, 1.165) is 0 Å². The average molecular weight is 391 g/mol. The summed E-state index contributed by atoms with van der Waals surface area (Å²) in [5.41, 5.74) is 7.24. The van der Waals surface area contributed by atoms with E-state index in [1.54, 1.807) is 53.4 Å². The fourth-order valence-corrected chi connectivity index (χ4v) is 3.42. The van der Waals surface area contributed by atoms with Crippen LogP contribution in [0.3, 0.4) is 0 Å². The van der Waals surface area contributed by atoms with E-state index in [0.29, 0.717) is 42.6 Å². The number of likely N-dealkylation sites (tertiary alicyclic amines) is 1. The summed E-state index contributed by atoms with van der Waals surface area (Å²) in [6.07, 6.45) is 1.03. The zero-order valence-electron chi connectivity index (χ0n) is 15.8. The summed E-state index contributed by atoms with van der Waals surface area (Å²) in [6, 6.07) is 15.9. The second-order valence-corrected chi connectivity index (χ2v) is 6.84. The summed E-state index contributed by atoms with van der Waals surface area (Å²) in [5, 5.41) is 9.34. The van der Waals surface area contributed by atoms with Gasteiger partial charge in [-0.2, -0.15) is 5.26 Å². The van der Waals surface area contributed by atoms with Gasteiger partial charge in [0.05, 0.1) is 17.2 Å². The minimum absolute atomic E-state index is 0.214. The normalized spacial score (nSPS) is 14.1. The van der Waals surface area contributed by atoms with Crippen molar-refractivity contribution in [3.05, 3.63) is 59.7 Å². The van der Waals surface area contributed by atoms with Crippen LogP contribution in [0, 0.1) is 17.2 Å². The van der Waals surface area contributed by atoms with Crippen molar-refractivity contribution in [1.82, 2.24) is 4.90 Å². The van der Waals surface area contributed by atoms with Gasteiger partial charge in [0.1, 0.15) is 0 Å². The minimum atomic E-state index is -0.631. The largest absolute Gasteiger partial charge is 0.452 e. The highest BCUT2D eigenvalue weighted by atomic mass is 16.5. The standard InChI is InChI=1S/C22H21N3O4/c23-13-16-5-1-2-6-17(16)18-7-3-4-8-19(18)22(28)29-14-20(26)25-11-9-15(10-12-25)21(24)27/h1-8,15H,9-12,14H2,(H2,24,27). The first kappa shape index (κ1) is 20.1. The fourth-order valence-electron chi connectivity index (χ4n) is 3.42. The predicted octanol–water partition coefficient (Wildman–Crippen LogP) is 2.11. The Bertz CT molecular complexity index is 972. The molecule has 7 heteroatoms. The van der Waals surface area contributed by atoms with E-state index in [2.05, 4.69) is 6.07 Å². The molecule has 1 fully saturated rings. The molecule has 0 bridgehead atoms. The van der Waals surface area contributed by atoms with Crippen molar-refractivity contribution in [1.29, 1.82) is 5.26 Å². The molecule has 0 atom stereocenters. The molecule has 0 unspecified atom stereocenters. The molecule has 29 heavy (non-hydrogen) atoms. The first-order valence-corrected chi connectivity index (χ1v) is 9.34. The van der Waals surface area contributed by atoms with Crippen LogP contribution in [0.4, 0.5) is 0 Å². The Balaban J connectivity index is 1.67. The number of ether oxygens (including phenoxy) is 1. The van der Waals surface area contributed by atoms with Gasteiger partial charge in [0.25, 0.3) is 5.91 Å². The third-order valence-electron chi connectivity index (χ3n) is 5.06. The van der Waals surface area contributed by atoms with Crippen LogP contribution in [0.15, 0.2) is 48.5 Å². The van der Waals surface area contributed by atoms with Gasteiger partial charge in [-0.25, -0.2) is 4.79 Å². The first-order valence-electron chi connectivity index (χ1n) is 9.34. The highest BCUT2D eigenvalue weighted by Gasteiger charge is 2.26. The number of carbonyl (C=O) groups excluding carboxylic acids is 3. The van der Waals surface area contributed by atoms with Crippen LogP contribution in [-0.2, 0) is 14.3 Å². The Kier molecular flexibility index (Phi) is 6.25. The Morgan fingerprint density at radius 3 is 2.31 bits per heavy atom. The molecule has 1 heterocycles. The Morgan fingerprint density at radius 2 is 1.66 bits per heavy atom. The maximum Gasteiger partial charge on any atom is 0.339 e. The van der Waals surface area contributed by atoms with Crippen molar-refractivity contribution in [2.75, 3.05) is 19.7 Å². The molecule has 0 spiro atoms. The van der Waals surface area contributed by atoms with E-state index in [1.165, 1.54) is 0 Å². The van der Waals surface area contributed by atoms with Crippen molar-refractivity contribution < 1.29 is 19.1 Å². The average Bonchev–Trinajstić information content (AvgIpc) is 2.77. The van der Waals surface area contributed by atoms with Gasteiger partial charge in [-0.15, -0.1) is 0 Å². The molecule has 2 aromatic rings. The maximum atomic E-state index is 12.6. The molecular formula is C22H21N3O4. The number of rotatable bonds is 5. The van der Waals surface area contributed by atoms with Crippen LogP contribution in [0.2, 0.25) is 0 Å². The van der Waals surface area contributed by atoms with E-state index < -0.39 is 5.97 Å². The van der Waals surface area contributed by atoms with E-state index in [4.69, 9.17) is 10.5 Å². The Hall–Kier alpha value is -3.66. The van der Waals surface area contributed by atoms with E-state index in [-0.39, 0.29) is 29.9 Å². The van der Waals surface area contributed by atoms with Crippen LogP contribution in [0.1, 0.15) is 28.8 Å². The molecule has 7 nitrogen and oxygen atoms in total. The number of benzene rings is 2. The molecule has 0 aromatic heterocycles. The molecular weight excluding hydrogens is 370 g/mol. The number of nitrogens with zero attached hydrogens (tertiary/aromatic N) is 2. The minimum Gasteiger partial charge on any atom is -0.452 e. The van der Waals surface area contributed by atoms with Gasteiger partial charge in [0, 0.05) is 24.6 Å². The van der Waals surface area contributed by atoms with Crippen LogP contribution in [0.25, 0.3) is 11.1 Å². The van der Waals surface area contributed by atoms with Gasteiger partial charge in [-0.3, -0.25) is 9.59 Å². The summed E-state index contributed by atoms with van der Waals surface area (Å²) < 4.78 is 5.25. The van der Waals surface area contributed by atoms with Gasteiger partial charge < -0.3 is 15.4 Å². The summed E-state index contributed by atoms with van der Waals surface area (Å²) in [4.78, 5) is 37.8. The first-order chi connectivity index (χ1) is 14.0. The monoisotopic (exact) mass is 391 g/mol. The van der Waals surface area contributed by atoms with Crippen molar-refractivity contribution >= 4 is 17.8 Å². The maximum absolute atomic E-state index is 12.6. The quantitative estimate of drug-likeness (QED) is 0.784. The van der Waals surface area contributed by atoms with Crippen molar-refractivity contribution in [3.8, 4) is 17.2 Å². The van der Waals surface area contributed by atoms with Gasteiger partial charge in [0.15, 0.2) is 6.61 Å². The topological polar surface area (TPSA) is 113 Å². The number of nitrogens with two attached hydrogens (primary N) is 1. The molecule has 1 saturated heterocycles. The third kappa shape index (κ3) is 4.61. The zero-order chi connectivity index (χ0) is 20.8. The van der Waals surface area contributed by atoms with Gasteiger partial charge >= 0.3 is 5.97 Å². The molecule has 0 radical (unpaired) electrons. The molecule has 1 aliphatic rings. The van der Waals surface area contributed by atoms with Crippen molar-refractivity contribution in [2.24, 2.45) is 11.7 Å². The van der Waals surface area contributed by atoms with Crippen LogP contribution < -0.4 is 5.73 Å². The van der Waals surface area contributed by atoms with Gasteiger partial charge in [-0.05, 0) is 30.5 Å². The molecule has 2 aromatic carbocycles. The number of hydrogen-bond donors (Lipinski definition) is 1. The lowest BCUT2D eigenvalue weighted by Gasteiger charge is -2.30. The number of primary amides is 1. The highest BCUT2D eigenvalue weighted by molar-refractivity contribution is 5.99. The second kappa shape index (κ2) is 9.02. The van der Waals surface area contributed by atoms with E-state index in [9.17, 15) is 19.6 Å². The van der Waals surface area contributed by atoms with Gasteiger partial charge in [-0.1, -0.05) is 36.4 Å². The third-order valence-corrected chi connectivity index (χ3v) is 5.06. The van der Waals surface area contributed by atoms with Crippen LogP contribution >= 0.6 is 0 Å². The second-order valence-electron chi connectivity index (χ2n) is 6.84. The molecule has 0 saturated carbocycles. The molecule has 2 N–H and O–H groups in total. The molecule has 2 amide bonds. The molecule has 0 aliphatic carbocycles. The zero-order valence-corrected chi connectivity index (χ0v) is 15.8. The number of carbonyl (C=O) groups is 3. The Morgan fingerprint density at radius 1 is 1.03 bits per heavy atom. The van der Waals surface area contributed by atoms with Gasteiger partial charge in [0.2, 0.25) is 5.91 Å². The molecule has 148 valence electrons. The number of piperidine rings is 1. The molecule has 3 rings (SSSR count). The van der Waals surface area contributed by atoms with Crippen molar-refractivity contribution in [2.45, 2.75) is 12.8 Å². The van der Waals surface area contributed by atoms with Crippen LogP contribution in [0.5, 0.6) is 0 Å². The lowest BCUT2D eigenvalue weighted by molar-refractivity contribution is -0.137. The number of amides is 2. The van der Waals surface area contributed by atoms with E-state index >= 15 is 0 Å². The lowest BCUT2D eigenvalue weighted by atomic mass is 9.96. The number of hydrogen-bond acceptors (Lipinski definition) is 5.